The number of carbonyl (C=O) groups is 4. The van der Waals surface area contributed by atoms with E-state index in [0.717, 1.165) is 51.1 Å². The van der Waals surface area contributed by atoms with E-state index in [1.807, 2.05) is 48.5 Å². The zero-order valence-electron chi connectivity index (χ0n) is 29.2. The number of ether oxygens (including phenoxy) is 3. The number of fused-ring (bicyclic) bond motifs is 2. The fourth-order valence-electron chi connectivity index (χ4n) is 5.60. The summed E-state index contributed by atoms with van der Waals surface area (Å²) in [5.74, 6) is 0.160. The molecule has 0 aliphatic carbocycles. The first-order valence-electron chi connectivity index (χ1n) is 16.8. The van der Waals surface area contributed by atoms with Crippen molar-refractivity contribution in [1.29, 1.82) is 0 Å². The third-order valence-electron chi connectivity index (χ3n) is 8.47. The van der Waals surface area contributed by atoms with Gasteiger partial charge in [0.2, 0.25) is 0 Å². The van der Waals surface area contributed by atoms with Crippen LogP contribution in [0.2, 0.25) is 0 Å². The zero-order valence-corrected chi connectivity index (χ0v) is 29.2. The predicted octanol–water partition coefficient (Wildman–Crippen LogP) is 9.55. The van der Waals surface area contributed by atoms with E-state index in [9.17, 15) is 19.2 Å². The average Bonchev–Trinajstić information content (AvgIpc) is 3.07. The summed E-state index contributed by atoms with van der Waals surface area (Å²) in [5, 5.41) is 3.68. The van der Waals surface area contributed by atoms with Crippen LogP contribution in [-0.2, 0) is 23.8 Å². The van der Waals surface area contributed by atoms with E-state index >= 15 is 0 Å². The first kappa shape index (κ1) is 36.8. The molecule has 49 heavy (non-hydrogen) atoms. The number of hydrogen-bond donors (Lipinski definition) is 0. The summed E-state index contributed by atoms with van der Waals surface area (Å²) in [6, 6.07) is 22.5. The predicted molar refractivity (Wildman–Crippen MR) is 195 cm³/mol. The van der Waals surface area contributed by atoms with Crippen molar-refractivity contribution < 1.29 is 33.4 Å². The largest absolute Gasteiger partial charge is 0.490 e. The highest BCUT2D eigenvalue weighted by Crippen LogP contribution is 2.27. The Balaban J connectivity index is 1.29. The van der Waals surface area contributed by atoms with Crippen molar-refractivity contribution in [2.24, 2.45) is 5.92 Å². The minimum absolute atomic E-state index is 0.0642. The van der Waals surface area contributed by atoms with Gasteiger partial charge in [-0.1, -0.05) is 56.5 Å². The SMILES string of the molecule is C=C(CCC(C)CC(C)=O)c1ccc2cc(C(=O)OC(C)COC(=C)c3ccc4cc(C(=O)OC(C)CCC(C)=O)ccc4c3)ccc2c1. The van der Waals surface area contributed by atoms with E-state index in [2.05, 4.69) is 26.1 Å². The smallest absolute Gasteiger partial charge is 0.338 e. The van der Waals surface area contributed by atoms with E-state index in [0.29, 0.717) is 42.1 Å². The summed E-state index contributed by atoms with van der Waals surface area (Å²) in [4.78, 5) is 48.2. The van der Waals surface area contributed by atoms with Gasteiger partial charge in [-0.15, -0.1) is 0 Å². The molecule has 0 aliphatic rings. The van der Waals surface area contributed by atoms with Crippen LogP contribution in [0.25, 0.3) is 32.9 Å². The monoisotopic (exact) mass is 662 g/mol. The van der Waals surface area contributed by atoms with Gasteiger partial charge < -0.3 is 23.8 Å². The van der Waals surface area contributed by atoms with E-state index in [1.165, 1.54) is 6.92 Å². The van der Waals surface area contributed by atoms with Gasteiger partial charge >= 0.3 is 11.9 Å². The maximum atomic E-state index is 13.0. The molecule has 4 aromatic carbocycles. The molecule has 0 saturated heterocycles. The molecule has 0 heterocycles. The van der Waals surface area contributed by atoms with Gasteiger partial charge in [0.1, 0.15) is 30.0 Å². The minimum atomic E-state index is -0.525. The number of benzene rings is 4. The van der Waals surface area contributed by atoms with Crippen LogP contribution in [0.15, 0.2) is 86.0 Å². The van der Waals surface area contributed by atoms with Gasteiger partial charge in [0.25, 0.3) is 0 Å². The Morgan fingerprint density at radius 3 is 1.59 bits per heavy atom. The molecule has 0 fully saturated rings. The number of esters is 2. The molecule has 0 radical (unpaired) electrons. The Kier molecular flexibility index (Phi) is 12.7. The van der Waals surface area contributed by atoms with E-state index in [4.69, 9.17) is 14.2 Å². The lowest BCUT2D eigenvalue weighted by molar-refractivity contribution is -0.118. The normalized spacial score (nSPS) is 12.9. The van der Waals surface area contributed by atoms with Crippen LogP contribution in [0.4, 0.5) is 0 Å². The van der Waals surface area contributed by atoms with Gasteiger partial charge in [0, 0.05) is 18.4 Å². The molecule has 256 valence electrons. The summed E-state index contributed by atoms with van der Waals surface area (Å²) in [6.45, 7) is 17.2. The summed E-state index contributed by atoms with van der Waals surface area (Å²) < 4.78 is 17.0. The molecule has 7 nitrogen and oxygen atoms in total. The molecule has 0 spiro atoms. The fourth-order valence-corrected chi connectivity index (χ4v) is 5.60. The number of hydrogen-bond acceptors (Lipinski definition) is 7. The maximum Gasteiger partial charge on any atom is 0.338 e. The van der Waals surface area contributed by atoms with Gasteiger partial charge in [0.05, 0.1) is 17.2 Å². The number of Topliss-reactive ketones (excluding diaryl/α,β-unsaturated/α-hetero) is 2. The molecule has 3 atom stereocenters. The lowest BCUT2D eigenvalue weighted by Gasteiger charge is -2.16. The van der Waals surface area contributed by atoms with Crippen molar-refractivity contribution >= 4 is 56.4 Å². The van der Waals surface area contributed by atoms with Crippen LogP contribution in [0, 0.1) is 5.92 Å². The van der Waals surface area contributed by atoms with Crippen molar-refractivity contribution in [2.75, 3.05) is 6.61 Å². The van der Waals surface area contributed by atoms with Crippen molar-refractivity contribution in [3.05, 3.63) is 108 Å². The van der Waals surface area contributed by atoms with E-state index in [1.54, 1.807) is 39.0 Å². The molecule has 0 aliphatic heterocycles. The molecule has 0 amide bonds. The lowest BCUT2D eigenvalue weighted by atomic mass is 9.93. The molecule has 0 saturated carbocycles. The first-order valence-corrected chi connectivity index (χ1v) is 16.8. The van der Waals surface area contributed by atoms with Crippen LogP contribution in [-0.4, -0.2) is 42.3 Å². The second-order valence-electron chi connectivity index (χ2n) is 13.1. The Bertz CT molecular complexity index is 1890. The van der Waals surface area contributed by atoms with E-state index < -0.39 is 18.0 Å². The van der Waals surface area contributed by atoms with Gasteiger partial charge in [-0.3, -0.25) is 0 Å². The van der Waals surface area contributed by atoms with Crippen molar-refractivity contribution in [3.8, 4) is 0 Å². The third-order valence-corrected chi connectivity index (χ3v) is 8.47. The van der Waals surface area contributed by atoms with Crippen molar-refractivity contribution in [1.82, 2.24) is 0 Å². The van der Waals surface area contributed by atoms with Crippen LogP contribution < -0.4 is 0 Å². The van der Waals surface area contributed by atoms with Crippen LogP contribution in [0.3, 0.4) is 0 Å². The molecule has 4 aromatic rings. The Morgan fingerprint density at radius 1 is 0.592 bits per heavy atom. The van der Waals surface area contributed by atoms with Crippen LogP contribution in [0.1, 0.15) is 98.6 Å². The maximum absolute atomic E-state index is 13.0. The quantitative estimate of drug-likeness (QED) is 0.0821. The third kappa shape index (κ3) is 10.7. The number of allylic oxidation sites excluding steroid dienone is 1. The van der Waals surface area contributed by atoms with Gasteiger partial charge in [-0.05, 0) is 122 Å². The molecular formula is C42H46O7. The molecule has 0 bridgehead atoms. The summed E-state index contributed by atoms with van der Waals surface area (Å²) in [7, 11) is 0. The standard InChI is InChI=1S/C42H46O7/c1-26(20-29(4)44)8-9-27(2)33-12-14-37-23-40(18-16-35(37)21-33)42(46)49-31(6)25-47-32(7)34-13-15-38-24-39(19-17-36(38)22-34)41(45)48-30(5)11-10-28(3)43/h12-19,21-24,26,30-31H,2,7-11,20,25H2,1,3-6H3. The zero-order chi connectivity index (χ0) is 35.7. The van der Waals surface area contributed by atoms with Crippen LogP contribution >= 0.6 is 0 Å². The Morgan fingerprint density at radius 2 is 1.06 bits per heavy atom. The fraction of sp³-hybridized carbons (Fsp3) is 0.333. The number of carbonyl (C=O) groups excluding carboxylic acids is 4. The Labute approximate surface area is 288 Å². The number of rotatable bonds is 17. The minimum Gasteiger partial charge on any atom is -0.490 e. The van der Waals surface area contributed by atoms with Crippen LogP contribution in [0.5, 0.6) is 0 Å². The van der Waals surface area contributed by atoms with Crippen molar-refractivity contribution in [3.63, 3.8) is 0 Å². The summed E-state index contributed by atoms with van der Waals surface area (Å²) in [5.41, 5.74) is 3.73. The molecule has 3 unspecified atom stereocenters. The molecule has 0 aromatic heterocycles. The second-order valence-corrected chi connectivity index (χ2v) is 13.1. The molecule has 0 N–H and O–H groups in total. The van der Waals surface area contributed by atoms with E-state index in [-0.39, 0.29) is 24.3 Å². The highest BCUT2D eigenvalue weighted by Gasteiger charge is 2.16. The highest BCUT2D eigenvalue weighted by molar-refractivity contribution is 5.97. The molecule has 7 heteroatoms. The Hall–Kier alpha value is -5.04. The summed E-state index contributed by atoms with van der Waals surface area (Å²) >= 11 is 0. The average molecular weight is 663 g/mol. The van der Waals surface area contributed by atoms with Gasteiger partial charge in [-0.2, -0.15) is 0 Å². The van der Waals surface area contributed by atoms with Gasteiger partial charge in [-0.25, -0.2) is 9.59 Å². The molecular weight excluding hydrogens is 616 g/mol. The highest BCUT2D eigenvalue weighted by atomic mass is 16.6. The second kappa shape index (κ2) is 16.9. The lowest BCUT2D eigenvalue weighted by Crippen LogP contribution is -2.20. The number of ketones is 2. The molecule has 4 rings (SSSR count). The van der Waals surface area contributed by atoms with Crippen molar-refractivity contribution in [2.45, 2.75) is 78.9 Å². The van der Waals surface area contributed by atoms with Gasteiger partial charge in [0.15, 0.2) is 0 Å². The first-order chi connectivity index (χ1) is 23.3. The summed E-state index contributed by atoms with van der Waals surface area (Å²) in [6.07, 6.45) is 2.30. The topological polar surface area (TPSA) is 96.0 Å².